The summed E-state index contributed by atoms with van der Waals surface area (Å²) in [6.07, 6.45) is 1.79. The van der Waals surface area contributed by atoms with Crippen molar-refractivity contribution in [2.24, 2.45) is 0 Å². The minimum atomic E-state index is 0.313. The van der Waals surface area contributed by atoms with Crippen LogP contribution in [0, 0.1) is 6.92 Å². The lowest BCUT2D eigenvalue weighted by atomic mass is 10.2. The molecule has 1 aromatic rings. The lowest BCUT2D eigenvalue weighted by Crippen LogP contribution is -2.21. The van der Waals surface area contributed by atoms with Crippen LogP contribution in [0.1, 0.15) is 12.6 Å². The van der Waals surface area contributed by atoms with E-state index >= 15 is 0 Å². The lowest BCUT2D eigenvalue weighted by Gasteiger charge is -2.15. The van der Waals surface area contributed by atoms with Crippen molar-refractivity contribution >= 4 is 5.69 Å². The van der Waals surface area contributed by atoms with Crippen LogP contribution in [0.25, 0.3) is 0 Å². The number of pyridine rings is 1. The van der Waals surface area contributed by atoms with Gasteiger partial charge >= 0.3 is 0 Å². The summed E-state index contributed by atoms with van der Waals surface area (Å²) in [5.41, 5.74) is 2.09. The lowest BCUT2D eigenvalue weighted by molar-refractivity contribution is 0.190. The summed E-state index contributed by atoms with van der Waals surface area (Å²) in [4.78, 5) is 4.19. The maximum Gasteiger partial charge on any atom is 0.0661 e. The molecule has 1 heterocycles. The molecular weight excluding hydrogens is 164 g/mol. The zero-order valence-electron chi connectivity index (χ0n) is 8.37. The van der Waals surface area contributed by atoms with Gasteiger partial charge in [-0.25, -0.2) is 0 Å². The molecule has 0 amide bonds. The van der Waals surface area contributed by atoms with Gasteiger partial charge in [0.15, 0.2) is 0 Å². The molecule has 0 fully saturated rings. The van der Waals surface area contributed by atoms with Gasteiger partial charge in [0.05, 0.1) is 18.0 Å². The van der Waals surface area contributed by atoms with Crippen molar-refractivity contribution in [3.05, 3.63) is 24.0 Å². The number of aryl methyl sites for hydroxylation is 1. The van der Waals surface area contributed by atoms with Gasteiger partial charge in [-0.05, 0) is 26.0 Å². The van der Waals surface area contributed by atoms with Crippen LogP contribution >= 0.6 is 0 Å². The summed E-state index contributed by atoms with van der Waals surface area (Å²) >= 11 is 0. The van der Waals surface area contributed by atoms with E-state index < -0.39 is 0 Å². The average molecular weight is 180 g/mol. The Labute approximate surface area is 79.1 Å². The van der Waals surface area contributed by atoms with Gasteiger partial charge in [0, 0.05) is 19.3 Å². The maximum absolute atomic E-state index is 5.03. The van der Waals surface area contributed by atoms with E-state index in [0.29, 0.717) is 12.6 Å². The Balaban J connectivity index is 2.58. The number of nitrogens with one attached hydrogen (secondary N) is 1. The van der Waals surface area contributed by atoms with Gasteiger partial charge in [-0.15, -0.1) is 0 Å². The molecule has 1 N–H and O–H groups in total. The Morgan fingerprint density at radius 3 is 3.00 bits per heavy atom. The smallest absolute Gasteiger partial charge is 0.0661 e. The van der Waals surface area contributed by atoms with Gasteiger partial charge in [-0.3, -0.25) is 4.98 Å². The van der Waals surface area contributed by atoms with Gasteiger partial charge < -0.3 is 10.1 Å². The minimum Gasteiger partial charge on any atom is -0.383 e. The van der Waals surface area contributed by atoms with Crippen molar-refractivity contribution in [2.75, 3.05) is 19.0 Å². The normalized spacial score (nSPS) is 12.5. The molecule has 1 atom stereocenters. The van der Waals surface area contributed by atoms with E-state index in [9.17, 15) is 0 Å². The molecule has 0 aliphatic rings. The number of rotatable bonds is 4. The average Bonchev–Trinajstić information content (AvgIpc) is 2.09. The Morgan fingerprint density at radius 2 is 2.38 bits per heavy atom. The maximum atomic E-state index is 5.03. The van der Waals surface area contributed by atoms with Crippen molar-refractivity contribution in [2.45, 2.75) is 19.9 Å². The molecule has 0 unspecified atom stereocenters. The van der Waals surface area contributed by atoms with Crippen molar-refractivity contribution in [1.82, 2.24) is 4.98 Å². The minimum absolute atomic E-state index is 0.313. The van der Waals surface area contributed by atoms with Crippen LogP contribution < -0.4 is 5.32 Å². The molecule has 72 valence electrons. The van der Waals surface area contributed by atoms with Gasteiger partial charge in [-0.2, -0.15) is 0 Å². The standard InChI is InChI=1S/C10H16N2O/c1-8(7-13-3)12-10-5-4-6-11-9(10)2/h4-6,8,12H,7H2,1-3H3/t8-/m1/s1. The van der Waals surface area contributed by atoms with Crippen LogP contribution in [-0.4, -0.2) is 24.7 Å². The first-order chi connectivity index (χ1) is 6.24. The highest BCUT2D eigenvalue weighted by molar-refractivity contribution is 5.47. The first kappa shape index (κ1) is 9.99. The molecule has 0 aliphatic carbocycles. The molecule has 3 nitrogen and oxygen atoms in total. The fourth-order valence-corrected chi connectivity index (χ4v) is 1.19. The number of nitrogens with zero attached hydrogens (tertiary/aromatic N) is 1. The molecule has 3 heteroatoms. The Kier molecular flexibility index (Phi) is 3.71. The van der Waals surface area contributed by atoms with Crippen LogP contribution in [-0.2, 0) is 4.74 Å². The quantitative estimate of drug-likeness (QED) is 0.767. The van der Waals surface area contributed by atoms with E-state index in [2.05, 4.69) is 17.2 Å². The summed E-state index contributed by atoms with van der Waals surface area (Å²) in [5.74, 6) is 0. The number of anilines is 1. The van der Waals surface area contributed by atoms with E-state index in [1.165, 1.54) is 0 Å². The van der Waals surface area contributed by atoms with Gasteiger partial charge in [0.1, 0.15) is 0 Å². The number of hydrogen-bond acceptors (Lipinski definition) is 3. The number of methoxy groups -OCH3 is 1. The Bertz CT molecular complexity index is 263. The third kappa shape index (κ3) is 3.03. The van der Waals surface area contributed by atoms with Gasteiger partial charge in [0.2, 0.25) is 0 Å². The van der Waals surface area contributed by atoms with Gasteiger partial charge in [0.25, 0.3) is 0 Å². The van der Waals surface area contributed by atoms with Crippen LogP contribution in [0.4, 0.5) is 5.69 Å². The number of hydrogen-bond donors (Lipinski definition) is 1. The molecule has 1 aromatic heterocycles. The molecular formula is C10H16N2O. The van der Waals surface area contributed by atoms with E-state index in [1.807, 2.05) is 19.1 Å². The monoisotopic (exact) mass is 180 g/mol. The highest BCUT2D eigenvalue weighted by Crippen LogP contribution is 2.11. The third-order valence-electron chi connectivity index (χ3n) is 1.83. The molecule has 13 heavy (non-hydrogen) atoms. The summed E-state index contributed by atoms with van der Waals surface area (Å²) in [7, 11) is 1.70. The predicted octanol–water partition coefficient (Wildman–Crippen LogP) is 1.84. The molecule has 0 saturated carbocycles. The molecule has 0 bridgehead atoms. The molecule has 0 aliphatic heterocycles. The van der Waals surface area contributed by atoms with Gasteiger partial charge in [-0.1, -0.05) is 0 Å². The van der Waals surface area contributed by atoms with Crippen LogP contribution in [0.15, 0.2) is 18.3 Å². The summed E-state index contributed by atoms with van der Waals surface area (Å²) in [5, 5.41) is 3.32. The van der Waals surface area contributed by atoms with Crippen LogP contribution in [0.3, 0.4) is 0 Å². The Hall–Kier alpha value is -1.09. The molecule has 0 saturated heterocycles. The molecule has 0 aromatic carbocycles. The van der Waals surface area contributed by atoms with E-state index in [4.69, 9.17) is 4.74 Å². The molecule has 1 rings (SSSR count). The van der Waals surface area contributed by atoms with Crippen LogP contribution in [0.5, 0.6) is 0 Å². The molecule has 0 spiro atoms. The summed E-state index contributed by atoms with van der Waals surface area (Å²) < 4.78 is 5.03. The fourth-order valence-electron chi connectivity index (χ4n) is 1.19. The highest BCUT2D eigenvalue weighted by Gasteiger charge is 2.02. The topological polar surface area (TPSA) is 34.1 Å². The van der Waals surface area contributed by atoms with Crippen LogP contribution in [0.2, 0.25) is 0 Å². The summed E-state index contributed by atoms with van der Waals surface area (Å²) in [6, 6.07) is 4.26. The van der Waals surface area contributed by atoms with Crippen molar-refractivity contribution in [1.29, 1.82) is 0 Å². The summed E-state index contributed by atoms with van der Waals surface area (Å²) in [6.45, 7) is 4.77. The van der Waals surface area contributed by atoms with E-state index in [0.717, 1.165) is 11.4 Å². The first-order valence-corrected chi connectivity index (χ1v) is 4.41. The van der Waals surface area contributed by atoms with E-state index in [1.54, 1.807) is 13.3 Å². The second-order valence-corrected chi connectivity index (χ2v) is 3.14. The fraction of sp³-hybridized carbons (Fsp3) is 0.500. The SMILES string of the molecule is COC[C@@H](C)Nc1cccnc1C. The van der Waals surface area contributed by atoms with Crippen molar-refractivity contribution < 1.29 is 4.74 Å². The van der Waals surface area contributed by atoms with Crippen molar-refractivity contribution in [3.8, 4) is 0 Å². The number of ether oxygens (including phenoxy) is 1. The van der Waals surface area contributed by atoms with Crippen molar-refractivity contribution in [3.63, 3.8) is 0 Å². The molecule has 0 radical (unpaired) electrons. The second kappa shape index (κ2) is 4.82. The Morgan fingerprint density at radius 1 is 1.62 bits per heavy atom. The first-order valence-electron chi connectivity index (χ1n) is 4.41. The zero-order chi connectivity index (χ0) is 9.68. The van der Waals surface area contributed by atoms with E-state index in [-0.39, 0.29) is 0 Å². The third-order valence-corrected chi connectivity index (χ3v) is 1.83. The highest BCUT2D eigenvalue weighted by atomic mass is 16.5. The second-order valence-electron chi connectivity index (χ2n) is 3.14. The zero-order valence-corrected chi connectivity index (χ0v) is 8.37. The number of aromatic nitrogens is 1. The predicted molar refractivity (Wildman–Crippen MR) is 53.9 cm³/mol. The largest absolute Gasteiger partial charge is 0.383 e.